The highest BCUT2D eigenvalue weighted by atomic mass is 35.5. The van der Waals surface area contributed by atoms with Crippen LogP contribution < -0.4 is 5.32 Å². The molecule has 1 aliphatic heterocycles. The van der Waals surface area contributed by atoms with Gasteiger partial charge < -0.3 is 14.6 Å². The second-order valence-electron chi connectivity index (χ2n) is 4.48. The maximum Gasteiger partial charge on any atom is 0.234 e. The zero-order valence-electron chi connectivity index (χ0n) is 10.5. The molecule has 0 bridgehead atoms. The molecule has 19 heavy (non-hydrogen) atoms. The summed E-state index contributed by atoms with van der Waals surface area (Å²) in [5.74, 6) is 1.20. The van der Waals surface area contributed by atoms with Crippen molar-refractivity contribution < 1.29 is 9.26 Å². The van der Waals surface area contributed by atoms with Crippen LogP contribution in [0, 0.1) is 0 Å². The minimum absolute atomic E-state index is 0.0914. The molecule has 100 valence electrons. The number of rotatable bonds is 3. The molecule has 1 aromatic heterocycles. The summed E-state index contributed by atoms with van der Waals surface area (Å²) in [4.78, 5) is 4.44. The zero-order valence-corrected chi connectivity index (χ0v) is 11.2. The van der Waals surface area contributed by atoms with Crippen molar-refractivity contribution >= 4 is 11.6 Å². The first-order valence-corrected chi connectivity index (χ1v) is 6.51. The van der Waals surface area contributed by atoms with Crippen LogP contribution in [0.5, 0.6) is 0 Å². The SMILES string of the molecule is CNC1COCC1c1nc(-c2ccccc2Cl)no1. The fourth-order valence-corrected chi connectivity index (χ4v) is 2.44. The van der Waals surface area contributed by atoms with E-state index in [0.717, 1.165) is 5.56 Å². The van der Waals surface area contributed by atoms with Crippen molar-refractivity contribution in [2.75, 3.05) is 20.3 Å². The van der Waals surface area contributed by atoms with Crippen molar-refractivity contribution in [1.82, 2.24) is 15.5 Å². The molecule has 0 radical (unpaired) electrons. The maximum absolute atomic E-state index is 6.12. The lowest BCUT2D eigenvalue weighted by atomic mass is 10.0. The molecule has 1 N–H and O–H groups in total. The molecule has 0 saturated carbocycles. The Labute approximate surface area is 115 Å². The van der Waals surface area contributed by atoms with Crippen molar-refractivity contribution in [1.29, 1.82) is 0 Å². The molecular formula is C13H14ClN3O2. The third-order valence-corrected chi connectivity index (χ3v) is 3.65. The van der Waals surface area contributed by atoms with Crippen LogP contribution in [-0.4, -0.2) is 36.4 Å². The van der Waals surface area contributed by atoms with Crippen LogP contribution in [0.25, 0.3) is 11.4 Å². The number of hydrogen-bond donors (Lipinski definition) is 1. The molecule has 2 aromatic rings. The number of nitrogens with zero attached hydrogens (tertiary/aromatic N) is 2. The topological polar surface area (TPSA) is 60.2 Å². The average Bonchev–Trinajstić information content (AvgIpc) is 3.07. The summed E-state index contributed by atoms with van der Waals surface area (Å²) in [5.41, 5.74) is 0.777. The van der Waals surface area contributed by atoms with E-state index in [1.54, 1.807) is 0 Å². The Balaban J connectivity index is 1.90. The highest BCUT2D eigenvalue weighted by Crippen LogP contribution is 2.29. The number of ether oxygens (including phenoxy) is 1. The van der Waals surface area contributed by atoms with E-state index in [1.165, 1.54) is 0 Å². The Kier molecular flexibility index (Phi) is 3.50. The Morgan fingerprint density at radius 2 is 2.16 bits per heavy atom. The Morgan fingerprint density at radius 1 is 1.32 bits per heavy atom. The molecule has 2 atom stereocenters. The Bertz CT molecular complexity index is 573. The predicted octanol–water partition coefficient (Wildman–Crippen LogP) is 2.09. The standard InChI is InChI=1S/C13H14ClN3O2/c1-15-11-7-18-6-9(11)13-16-12(17-19-13)8-4-2-3-5-10(8)14/h2-5,9,11,15H,6-7H2,1H3. The van der Waals surface area contributed by atoms with Crippen molar-refractivity contribution in [3.05, 3.63) is 35.2 Å². The second-order valence-corrected chi connectivity index (χ2v) is 4.88. The summed E-state index contributed by atoms with van der Waals surface area (Å²) in [6, 6.07) is 7.65. The average molecular weight is 280 g/mol. The number of aromatic nitrogens is 2. The summed E-state index contributed by atoms with van der Waals surface area (Å²) in [5, 5.41) is 7.81. The van der Waals surface area contributed by atoms with Gasteiger partial charge in [0.1, 0.15) is 0 Å². The fourth-order valence-electron chi connectivity index (χ4n) is 2.22. The molecule has 1 aliphatic rings. The van der Waals surface area contributed by atoms with Crippen LogP contribution in [0.1, 0.15) is 11.8 Å². The van der Waals surface area contributed by atoms with Crippen LogP contribution in [0.2, 0.25) is 5.02 Å². The third kappa shape index (κ3) is 2.36. The van der Waals surface area contributed by atoms with Crippen LogP contribution in [0.4, 0.5) is 0 Å². The van der Waals surface area contributed by atoms with Crippen molar-refractivity contribution in [3.63, 3.8) is 0 Å². The van der Waals surface area contributed by atoms with Gasteiger partial charge in [0.2, 0.25) is 11.7 Å². The molecule has 1 saturated heterocycles. The van der Waals surface area contributed by atoms with Crippen molar-refractivity contribution in [3.8, 4) is 11.4 Å². The minimum Gasteiger partial charge on any atom is -0.379 e. The molecule has 1 fully saturated rings. The lowest BCUT2D eigenvalue weighted by Gasteiger charge is -2.11. The van der Waals surface area contributed by atoms with Crippen LogP contribution >= 0.6 is 11.6 Å². The number of halogens is 1. The van der Waals surface area contributed by atoms with Crippen LogP contribution in [0.15, 0.2) is 28.8 Å². The Morgan fingerprint density at radius 3 is 2.95 bits per heavy atom. The molecule has 2 unspecified atom stereocenters. The summed E-state index contributed by atoms with van der Waals surface area (Å²) in [6.45, 7) is 1.25. The number of nitrogens with one attached hydrogen (secondary N) is 1. The molecule has 0 spiro atoms. The monoisotopic (exact) mass is 279 g/mol. The first-order chi connectivity index (χ1) is 9.29. The number of hydrogen-bond acceptors (Lipinski definition) is 5. The smallest absolute Gasteiger partial charge is 0.234 e. The van der Waals surface area contributed by atoms with Gasteiger partial charge in [-0.15, -0.1) is 0 Å². The second kappa shape index (κ2) is 5.28. The van der Waals surface area contributed by atoms with Gasteiger partial charge in [0.25, 0.3) is 0 Å². The van der Waals surface area contributed by atoms with Gasteiger partial charge in [-0.2, -0.15) is 4.98 Å². The van der Waals surface area contributed by atoms with Gasteiger partial charge >= 0.3 is 0 Å². The predicted molar refractivity (Wildman–Crippen MR) is 71.2 cm³/mol. The summed E-state index contributed by atoms with van der Waals surface area (Å²) in [6.07, 6.45) is 0. The quantitative estimate of drug-likeness (QED) is 0.932. The van der Waals surface area contributed by atoms with E-state index in [9.17, 15) is 0 Å². The normalized spacial score (nSPS) is 22.8. The third-order valence-electron chi connectivity index (χ3n) is 3.33. The molecule has 0 aliphatic carbocycles. The van der Waals surface area contributed by atoms with Gasteiger partial charge in [-0.05, 0) is 19.2 Å². The van der Waals surface area contributed by atoms with Crippen LogP contribution in [-0.2, 0) is 4.74 Å². The van der Waals surface area contributed by atoms with Gasteiger partial charge in [-0.3, -0.25) is 0 Å². The molecule has 0 amide bonds. The van der Waals surface area contributed by atoms with Gasteiger partial charge in [0, 0.05) is 11.6 Å². The van der Waals surface area contributed by atoms with Crippen molar-refractivity contribution in [2.45, 2.75) is 12.0 Å². The number of benzene rings is 1. The van der Waals surface area contributed by atoms with Gasteiger partial charge in [-0.1, -0.05) is 28.9 Å². The van der Waals surface area contributed by atoms with E-state index in [0.29, 0.717) is 30.0 Å². The van der Waals surface area contributed by atoms with E-state index >= 15 is 0 Å². The first-order valence-electron chi connectivity index (χ1n) is 6.13. The lowest BCUT2D eigenvalue weighted by molar-refractivity contribution is 0.185. The molecular weight excluding hydrogens is 266 g/mol. The van der Waals surface area contributed by atoms with Crippen molar-refractivity contribution in [2.24, 2.45) is 0 Å². The van der Waals surface area contributed by atoms with E-state index in [1.807, 2.05) is 31.3 Å². The summed E-state index contributed by atoms with van der Waals surface area (Å²) >= 11 is 6.12. The highest BCUT2D eigenvalue weighted by molar-refractivity contribution is 6.33. The molecule has 3 rings (SSSR count). The van der Waals surface area contributed by atoms with E-state index in [4.69, 9.17) is 20.9 Å². The summed E-state index contributed by atoms with van der Waals surface area (Å²) < 4.78 is 10.8. The first kappa shape index (κ1) is 12.6. The largest absolute Gasteiger partial charge is 0.379 e. The molecule has 2 heterocycles. The summed E-state index contributed by atoms with van der Waals surface area (Å²) in [7, 11) is 1.90. The lowest BCUT2D eigenvalue weighted by Crippen LogP contribution is -2.31. The van der Waals surface area contributed by atoms with E-state index in [-0.39, 0.29) is 12.0 Å². The Hall–Kier alpha value is -1.43. The number of likely N-dealkylation sites (N-methyl/N-ethyl adjacent to an activating group) is 1. The van der Waals surface area contributed by atoms with Gasteiger partial charge in [-0.25, -0.2) is 0 Å². The van der Waals surface area contributed by atoms with Gasteiger partial charge in [0.15, 0.2) is 0 Å². The fraction of sp³-hybridized carbons (Fsp3) is 0.385. The van der Waals surface area contributed by atoms with Gasteiger partial charge in [0.05, 0.1) is 24.2 Å². The van der Waals surface area contributed by atoms with E-state index in [2.05, 4.69) is 15.5 Å². The molecule has 5 nitrogen and oxygen atoms in total. The zero-order chi connectivity index (χ0) is 13.2. The maximum atomic E-state index is 6.12. The highest BCUT2D eigenvalue weighted by Gasteiger charge is 2.33. The molecule has 6 heteroatoms. The van der Waals surface area contributed by atoms with Crippen LogP contribution in [0.3, 0.4) is 0 Å². The molecule has 1 aromatic carbocycles. The minimum atomic E-state index is 0.0914. The van der Waals surface area contributed by atoms with E-state index < -0.39 is 0 Å².